The van der Waals surface area contributed by atoms with E-state index >= 15 is 0 Å². The van der Waals surface area contributed by atoms with Crippen molar-refractivity contribution in [1.82, 2.24) is 9.80 Å². The molecule has 0 radical (unpaired) electrons. The van der Waals surface area contributed by atoms with E-state index in [9.17, 15) is 9.59 Å². The lowest BCUT2D eigenvalue weighted by molar-refractivity contribution is -0.136. The summed E-state index contributed by atoms with van der Waals surface area (Å²) in [4.78, 5) is 27.6. The maximum atomic E-state index is 12.5. The molecule has 6 nitrogen and oxygen atoms in total. The van der Waals surface area contributed by atoms with Gasteiger partial charge < -0.3 is 20.3 Å². The van der Waals surface area contributed by atoms with Gasteiger partial charge in [-0.3, -0.25) is 9.59 Å². The van der Waals surface area contributed by atoms with E-state index in [0.29, 0.717) is 41.9 Å². The Bertz CT molecular complexity index is 542. The Hall–Kier alpha value is -1.60. The van der Waals surface area contributed by atoms with Gasteiger partial charge in [0.25, 0.3) is 5.91 Å². The zero-order chi connectivity index (χ0) is 15.4. The van der Waals surface area contributed by atoms with Gasteiger partial charge in [-0.05, 0) is 28.1 Å². The summed E-state index contributed by atoms with van der Waals surface area (Å²) in [6.07, 6.45) is 0. The van der Waals surface area contributed by atoms with Gasteiger partial charge in [0.2, 0.25) is 5.91 Å². The average Bonchev–Trinajstić information content (AvgIpc) is 2.50. The second-order valence-corrected chi connectivity index (χ2v) is 5.61. The first kappa shape index (κ1) is 15.8. The van der Waals surface area contributed by atoms with Crippen LogP contribution in [0, 0.1) is 0 Å². The topological polar surface area (TPSA) is 75.9 Å². The van der Waals surface area contributed by atoms with Gasteiger partial charge in [-0.25, -0.2) is 0 Å². The Morgan fingerprint density at radius 3 is 2.48 bits per heavy atom. The molecule has 21 heavy (non-hydrogen) atoms. The van der Waals surface area contributed by atoms with E-state index in [1.165, 1.54) is 7.11 Å². The van der Waals surface area contributed by atoms with Crippen LogP contribution in [0.5, 0.6) is 0 Å². The van der Waals surface area contributed by atoms with E-state index < -0.39 is 0 Å². The number of anilines is 1. The van der Waals surface area contributed by atoms with E-state index in [2.05, 4.69) is 15.9 Å². The van der Waals surface area contributed by atoms with Gasteiger partial charge >= 0.3 is 0 Å². The smallest absolute Gasteiger partial charge is 0.255 e. The first-order valence-electron chi connectivity index (χ1n) is 6.64. The SMILES string of the molecule is COCC(=O)N1CCN(C(=O)c2cccc(N)c2Br)CC1. The number of hydrogen-bond donors (Lipinski definition) is 1. The normalized spacial score (nSPS) is 15.1. The summed E-state index contributed by atoms with van der Waals surface area (Å²) in [5.74, 6) is -0.122. The molecule has 0 aromatic heterocycles. The molecule has 0 spiro atoms. The van der Waals surface area contributed by atoms with Crippen molar-refractivity contribution in [3.05, 3.63) is 28.2 Å². The molecule has 0 aliphatic carbocycles. The lowest BCUT2D eigenvalue weighted by atomic mass is 10.1. The van der Waals surface area contributed by atoms with Gasteiger partial charge in [0, 0.05) is 39.0 Å². The first-order valence-corrected chi connectivity index (χ1v) is 7.44. The lowest BCUT2D eigenvalue weighted by Crippen LogP contribution is -2.51. The number of carbonyl (C=O) groups excluding carboxylic acids is 2. The van der Waals surface area contributed by atoms with Crippen LogP contribution in [0.3, 0.4) is 0 Å². The molecular formula is C14H18BrN3O3. The minimum absolute atomic E-state index is 0.0465. The summed E-state index contributed by atoms with van der Waals surface area (Å²) in [6, 6.07) is 5.24. The Labute approximate surface area is 132 Å². The van der Waals surface area contributed by atoms with Crippen molar-refractivity contribution in [3.8, 4) is 0 Å². The number of amides is 2. The van der Waals surface area contributed by atoms with Crippen LogP contribution < -0.4 is 5.73 Å². The summed E-state index contributed by atoms with van der Waals surface area (Å²) < 4.78 is 5.46. The molecule has 0 unspecified atom stereocenters. The average molecular weight is 356 g/mol. The van der Waals surface area contributed by atoms with Crippen LogP contribution in [0.15, 0.2) is 22.7 Å². The van der Waals surface area contributed by atoms with Crippen molar-refractivity contribution in [3.63, 3.8) is 0 Å². The van der Waals surface area contributed by atoms with Crippen LogP contribution >= 0.6 is 15.9 Å². The number of methoxy groups -OCH3 is 1. The highest BCUT2D eigenvalue weighted by molar-refractivity contribution is 9.10. The van der Waals surface area contributed by atoms with E-state index in [1.807, 2.05) is 0 Å². The minimum atomic E-state index is -0.0759. The number of hydrogen-bond acceptors (Lipinski definition) is 4. The molecule has 1 aliphatic heterocycles. The number of rotatable bonds is 3. The van der Waals surface area contributed by atoms with E-state index in [-0.39, 0.29) is 18.4 Å². The monoisotopic (exact) mass is 355 g/mol. The molecule has 0 atom stereocenters. The van der Waals surface area contributed by atoms with Crippen molar-refractivity contribution in [2.75, 3.05) is 45.6 Å². The molecule has 1 aromatic carbocycles. The molecule has 0 saturated carbocycles. The molecular weight excluding hydrogens is 338 g/mol. The van der Waals surface area contributed by atoms with Gasteiger partial charge in [-0.1, -0.05) is 6.07 Å². The highest BCUT2D eigenvalue weighted by Crippen LogP contribution is 2.25. The number of carbonyl (C=O) groups is 2. The van der Waals surface area contributed by atoms with E-state index in [1.54, 1.807) is 28.0 Å². The molecule has 1 saturated heterocycles. The number of benzene rings is 1. The Morgan fingerprint density at radius 1 is 1.24 bits per heavy atom. The number of ether oxygens (including phenoxy) is 1. The molecule has 1 heterocycles. The third-order valence-corrected chi connectivity index (χ3v) is 4.33. The number of nitrogen functional groups attached to an aromatic ring is 1. The Kier molecular flexibility index (Phi) is 5.19. The highest BCUT2D eigenvalue weighted by Gasteiger charge is 2.25. The third kappa shape index (κ3) is 3.54. The molecule has 1 aliphatic rings. The summed E-state index contributed by atoms with van der Waals surface area (Å²) in [5, 5.41) is 0. The maximum absolute atomic E-state index is 12.5. The van der Waals surface area contributed by atoms with Crippen LogP contribution in [-0.2, 0) is 9.53 Å². The predicted molar refractivity (Wildman–Crippen MR) is 82.9 cm³/mol. The van der Waals surface area contributed by atoms with Crippen molar-refractivity contribution in [2.45, 2.75) is 0 Å². The van der Waals surface area contributed by atoms with E-state index in [0.717, 1.165) is 0 Å². The van der Waals surface area contributed by atoms with Gasteiger partial charge in [-0.15, -0.1) is 0 Å². The molecule has 1 fully saturated rings. The van der Waals surface area contributed by atoms with E-state index in [4.69, 9.17) is 10.5 Å². The number of nitrogens with two attached hydrogens (primary N) is 1. The van der Waals surface area contributed by atoms with Crippen LogP contribution in [0.2, 0.25) is 0 Å². The zero-order valence-corrected chi connectivity index (χ0v) is 13.4. The molecule has 2 rings (SSSR count). The summed E-state index contributed by atoms with van der Waals surface area (Å²) in [5.41, 5.74) is 6.88. The fourth-order valence-corrected chi connectivity index (χ4v) is 2.69. The summed E-state index contributed by atoms with van der Waals surface area (Å²) in [6.45, 7) is 2.14. The molecule has 0 bridgehead atoms. The second kappa shape index (κ2) is 6.91. The lowest BCUT2D eigenvalue weighted by Gasteiger charge is -2.34. The first-order chi connectivity index (χ1) is 10.0. The van der Waals surface area contributed by atoms with Crippen LogP contribution in [0.25, 0.3) is 0 Å². The second-order valence-electron chi connectivity index (χ2n) is 4.81. The fourth-order valence-electron chi connectivity index (χ4n) is 2.26. The van der Waals surface area contributed by atoms with Gasteiger partial charge in [0.05, 0.1) is 10.0 Å². The summed E-state index contributed by atoms with van der Waals surface area (Å²) in [7, 11) is 1.50. The summed E-state index contributed by atoms with van der Waals surface area (Å²) >= 11 is 3.35. The fraction of sp³-hybridized carbons (Fsp3) is 0.429. The molecule has 1 aromatic rings. The Morgan fingerprint density at radius 2 is 1.86 bits per heavy atom. The molecule has 7 heteroatoms. The van der Waals surface area contributed by atoms with Crippen molar-refractivity contribution >= 4 is 33.4 Å². The zero-order valence-electron chi connectivity index (χ0n) is 11.8. The maximum Gasteiger partial charge on any atom is 0.255 e. The third-order valence-electron chi connectivity index (χ3n) is 3.45. The van der Waals surface area contributed by atoms with Crippen LogP contribution in [0.1, 0.15) is 10.4 Å². The van der Waals surface area contributed by atoms with Crippen LogP contribution in [-0.4, -0.2) is 61.5 Å². The van der Waals surface area contributed by atoms with Gasteiger partial charge in [0.1, 0.15) is 6.61 Å². The minimum Gasteiger partial charge on any atom is -0.398 e. The number of halogens is 1. The number of nitrogens with zero attached hydrogens (tertiary/aromatic N) is 2. The molecule has 2 amide bonds. The van der Waals surface area contributed by atoms with Crippen molar-refractivity contribution in [1.29, 1.82) is 0 Å². The van der Waals surface area contributed by atoms with Gasteiger partial charge in [-0.2, -0.15) is 0 Å². The van der Waals surface area contributed by atoms with Gasteiger partial charge in [0.15, 0.2) is 0 Å². The molecule has 2 N–H and O–H groups in total. The highest BCUT2D eigenvalue weighted by atomic mass is 79.9. The largest absolute Gasteiger partial charge is 0.398 e. The molecule has 114 valence electrons. The van der Waals surface area contributed by atoms with Crippen molar-refractivity contribution in [2.24, 2.45) is 0 Å². The number of piperazine rings is 1. The van der Waals surface area contributed by atoms with Crippen molar-refractivity contribution < 1.29 is 14.3 Å². The van der Waals surface area contributed by atoms with Crippen LogP contribution in [0.4, 0.5) is 5.69 Å². The standard InChI is InChI=1S/C14H18BrN3O3/c1-21-9-12(19)17-5-7-18(8-6-17)14(20)10-3-2-4-11(16)13(10)15/h2-4H,5-9,16H2,1H3. The predicted octanol–water partition coefficient (Wildman–Crippen LogP) is 0.962. The quantitative estimate of drug-likeness (QED) is 0.819. The Balaban J connectivity index is 2.00.